The second-order valence-electron chi connectivity index (χ2n) is 10.8. The maximum absolute atomic E-state index is 13.6. The highest BCUT2D eigenvalue weighted by atomic mass is 32.2. The van der Waals surface area contributed by atoms with Gasteiger partial charge in [-0.05, 0) is 56.8 Å². The molecular weight excluding hydrogens is 446 g/mol. The zero-order chi connectivity index (χ0) is 25.1. The zero-order valence-corrected chi connectivity index (χ0v) is 22.9. The first-order chi connectivity index (χ1) is 16.2. The molecule has 4 unspecified atom stereocenters. The molecule has 1 saturated heterocycles. The van der Waals surface area contributed by atoms with Crippen LogP contribution in [0.5, 0.6) is 0 Å². The first-order valence-corrected chi connectivity index (χ1v) is 15.1. The molecule has 2 rings (SSSR count). The first kappa shape index (κ1) is 28.9. The van der Waals surface area contributed by atoms with Gasteiger partial charge in [-0.1, -0.05) is 59.5 Å². The number of hydrogen-bond donors (Lipinski definition) is 2. The fourth-order valence-corrected chi connectivity index (χ4v) is 7.44. The van der Waals surface area contributed by atoms with E-state index in [1.165, 1.54) is 6.42 Å². The minimum absolute atomic E-state index is 0.0301. The highest BCUT2D eigenvalue weighted by molar-refractivity contribution is 7.85. The van der Waals surface area contributed by atoms with Crippen LogP contribution in [0.4, 0.5) is 4.79 Å². The Hall–Kier alpha value is -1.37. The Morgan fingerprint density at radius 1 is 1.15 bits per heavy atom. The standard InChI is InChI=1S/C27H49N3O3S/c1-6-17-27(8-3,20-34(33)19-16-21(4)5)29-26(32)28-24(22-13-10-9-11-14-22)25(31)30-18-12-15-23(30)7-2/h7,21-24H,2,6,8-20H2,1,3-5H3,(H2,28,29,32). The Balaban J connectivity index is 2.14. The normalized spacial score (nSPS) is 22.7. The van der Waals surface area contributed by atoms with Gasteiger partial charge in [-0.2, -0.15) is 0 Å². The Morgan fingerprint density at radius 3 is 2.44 bits per heavy atom. The number of rotatable bonds is 13. The van der Waals surface area contributed by atoms with Gasteiger partial charge >= 0.3 is 6.03 Å². The van der Waals surface area contributed by atoms with E-state index in [0.717, 1.165) is 64.3 Å². The van der Waals surface area contributed by atoms with Gasteiger partial charge in [0.1, 0.15) is 6.04 Å². The summed E-state index contributed by atoms with van der Waals surface area (Å²) in [6, 6.07) is -0.750. The van der Waals surface area contributed by atoms with Crippen molar-refractivity contribution < 1.29 is 13.8 Å². The van der Waals surface area contributed by atoms with Gasteiger partial charge in [-0.3, -0.25) is 9.00 Å². The lowest BCUT2D eigenvalue weighted by Gasteiger charge is -2.37. The minimum Gasteiger partial charge on any atom is -0.334 e. The second kappa shape index (κ2) is 14.3. The summed E-state index contributed by atoms with van der Waals surface area (Å²) in [5, 5.41) is 6.31. The van der Waals surface area contributed by atoms with Crippen LogP contribution >= 0.6 is 0 Å². The van der Waals surface area contributed by atoms with E-state index >= 15 is 0 Å². The number of carbonyl (C=O) groups excluding carboxylic acids is 2. The number of urea groups is 1. The van der Waals surface area contributed by atoms with Crippen LogP contribution in [0.15, 0.2) is 12.7 Å². The van der Waals surface area contributed by atoms with Crippen LogP contribution in [0, 0.1) is 11.8 Å². The van der Waals surface area contributed by atoms with E-state index in [-0.39, 0.29) is 23.9 Å². The van der Waals surface area contributed by atoms with Crippen LogP contribution in [0.1, 0.15) is 98.3 Å². The quantitative estimate of drug-likeness (QED) is 0.347. The summed E-state index contributed by atoms with van der Waals surface area (Å²) >= 11 is 0. The second-order valence-corrected chi connectivity index (χ2v) is 12.4. The van der Waals surface area contributed by atoms with Crippen LogP contribution in [0.3, 0.4) is 0 Å². The molecule has 196 valence electrons. The molecule has 2 N–H and O–H groups in total. The highest BCUT2D eigenvalue weighted by Crippen LogP contribution is 2.29. The minimum atomic E-state index is -0.990. The first-order valence-electron chi connectivity index (χ1n) is 13.6. The van der Waals surface area contributed by atoms with Crippen molar-refractivity contribution in [3.05, 3.63) is 12.7 Å². The van der Waals surface area contributed by atoms with E-state index in [9.17, 15) is 13.8 Å². The third-order valence-electron chi connectivity index (χ3n) is 7.67. The Morgan fingerprint density at radius 2 is 1.85 bits per heavy atom. The molecule has 1 aliphatic carbocycles. The average molecular weight is 496 g/mol. The summed E-state index contributed by atoms with van der Waals surface area (Å²) in [4.78, 5) is 28.9. The number of likely N-dealkylation sites (tertiary alicyclic amines) is 1. The Bertz CT molecular complexity index is 693. The highest BCUT2D eigenvalue weighted by Gasteiger charge is 2.39. The van der Waals surface area contributed by atoms with Gasteiger partial charge in [0.25, 0.3) is 0 Å². The van der Waals surface area contributed by atoms with Gasteiger partial charge in [-0.15, -0.1) is 6.58 Å². The van der Waals surface area contributed by atoms with Gasteiger partial charge < -0.3 is 15.5 Å². The molecular formula is C27H49N3O3S. The molecule has 2 aliphatic rings. The van der Waals surface area contributed by atoms with E-state index in [4.69, 9.17) is 0 Å². The molecule has 0 aromatic heterocycles. The van der Waals surface area contributed by atoms with Crippen molar-refractivity contribution in [2.75, 3.05) is 18.1 Å². The molecule has 2 fully saturated rings. The zero-order valence-electron chi connectivity index (χ0n) is 22.1. The molecule has 3 amide bonds. The molecule has 7 heteroatoms. The van der Waals surface area contributed by atoms with Gasteiger partial charge in [0.2, 0.25) is 5.91 Å². The van der Waals surface area contributed by atoms with Crippen molar-refractivity contribution in [3.63, 3.8) is 0 Å². The lowest BCUT2D eigenvalue weighted by Crippen LogP contribution is -2.60. The van der Waals surface area contributed by atoms with Crippen LogP contribution in [0.2, 0.25) is 0 Å². The monoisotopic (exact) mass is 495 g/mol. The van der Waals surface area contributed by atoms with Crippen LogP contribution < -0.4 is 10.6 Å². The fraction of sp³-hybridized carbons (Fsp3) is 0.852. The van der Waals surface area contributed by atoms with Crippen molar-refractivity contribution in [3.8, 4) is 0 Å². The molecule has 0 spiro atoms. The van der Waals surface area contributed by atoms with E-state index in [1.807, 2.05) is 11.0 Å². The van der Waals surface area contributed by atoms with Gasteiger partial charge in [0, 0.05) is 34.9 Å². The molecule has 34 heavy (non-hydrogen) atoms. The lowest BCUT2D eigenvalue weighted by molar-refractivity contribution is -0.135. The molecule has 1 saturated carbocycles. The van der Waals surface area contributed by atoms with E-state index < -0.39 is 22.4 Å². The van der Waals surface area contributed by atoms with Crippen molar-refractivity contribution in [1.29, 1.82) is 0 Å². The SMILES string of the molecule is C=CC1CCCN1C(=O)C(NC(=O)NC(CC)(CCC)CS(=O)CCC(C)C)C1CCCCC1. The number of amides is 3. The third kappa shape index (κ3) is 8.39. The molecule has 1 heterocycles. The molecule has 0 aromatic carbocycles. The van der Waals surface area contributed by atoms with E-state index in [0.29, 0.717) is 23.8 Å². The summed E-state index contributed by atoms with van der Waals surface area (Å²) in [5.41, 5.74) is -0.516. The van der Waals surface area contributed by atoms with Gasteiger partial charge in [0.15, 0.2) is 0 Å². The number of carbonyl (C=O) groups is 2. The molecule has 1 aliphatic heterocycles. The third-order valence-corrected chi connectivity index (χ3v) is 9.24. The predicted octanol–water partition coefficient (Wildman–Crippen LogP) is 5.16. The molecule has 4 atom stereocenters. The van der Waals surface area contributed by atoms with Crippen molar-refractivity contribution >= 4 is 22.7 Å². The van der Waals surface area contributed by atoms with Crippen molar-refractivity contribution in [1.82, 2.24) is 15.5 Å². The average Bonchev–Trinajstić information content (AvgIpc) is 3.30. The van der Waals surface area contributed by atoms with Crippen molar-refractivity contribution in [2.45, 2.75) is 116 Å². The van der Waals surface area contributed by atoms with Crippen LogP contribution in [-0.4, -0.2) is 56.7 Å². The number of nitrogens with zero attached hydrogens (tertiary/aromatic N) is 1. The van der Waals surface area contributed by atoms with Crippen molar-refractivity contribution in [2.24, 2.45) is 11.8 Å². The Kier molecular flexibility index (Phi) is 12.1. The maximum Gasteiger partial charge on any atom is 0.315 e. The topological polar surface area (TPSA) is 78.5 Å². The van der Waals surface area contributed by atoms with Crippen LogP contribution in [-0.2, 0) is 15.6 Å². The maximum atomic E-state index is 13.6. The number of nitrogens with one attached hydrogen (secondary N) is 2. The molecule has 0 aromatic rings. The molecule has 0 bridgehead atoms. The van der Waals surface area contributed by atoms with Gasteiger partial charge in [0.05, 0.1) is 5.54 Å². The summed E-state index contributed by atoms with van der Waals surface area (Å²) in [6.07, 6.45) is 12.4. The fourth-order valence-electron chi connectivity index (χ4n) is 5.52. The van der Waals surface area contributed by atoms with Crippen LogP contribution in [0.25, 0.3) is 0 Å². The largest absolute Gasteiger partial charge is 0.334 e. The summed E-state index contributed by atoms with van der Waals surface area (Å²) < 4.78 is 12.9. The van der Waals surface area contributed by atoms with Gasteiger partial charge in [-0.25, -0.2) is 4.79 Å². The van der Waals surface area contributed by atoms with E-state index in [1.54, 1.807) is 0 Å². The van der Waals surface area contributed by atoms with E-state index in [2.05, 4.69) is 44.9 Å². The molecule has 0 radical (unpaired) electrons. The smallest absolute Gasteiger partial charge is 0.315 e. The summed E-state index contributed by atoms with van der Waals surface area (Å²) in [6.45, 7) is 13.1. The number of hydrogen-bond acceptors (Lipinski definition) is 3. The lowest BCUT2D eigenvalue weighted by atomic mass is 9.83. The predicted molar refractivity (Wildman–Crippen MR) is 142 cm³/mol. The Labute approximate surface area is 210 Å². The molecule has 6 nitrogen and oxygen atoms in total. The summed E-state index contributed by atoms with van der Waals surface area (Å²) in [7, 11) is -0.990. The summed E-state index contributed by atoms with van der Waals surface area (Å²) in [5.74, 6) is 1.83.